The van der Waals surface area contributed by atoms with Crippen LogP contribution in [0.2, 0.25) is 5.02 Å². The minimum Gasteiger partial charge on any atom is -0.325 e. The summed E-state index contributed by atoms with van der Waals surface area (Å²) >= 11 is 5.62. The molecule has 1 heterocycles. The molecule has 1 saturated heterocycles. The average molecular weight is 426 g/mol. The van der Waals surface area contributed by atoms with E-state index in [0.29, 0.717) is 0 Å². The van der Waals surface area contributed by atoms with E-state index in [1.54, 1.807) is 0 Å². The van der Waals surface area contributed by atoms with Crippen LogP contribution in [0, 0.1) is 0 Å². The zero-order valence-electron chi connectivity index (χ0n) is 15.9. The van der Waals surface area contributed by atoms with Crippen LogP contribution < -0.4 is 5.32 Å². The van der Waals surface area contributed by atoms with Crippen LogP contribution in [0.4, 0.5) is 18.9 Å². The normalized spacial score (nSPS) is 16.4. The Bertz CT molecular complexity index is 830. The SMILES string of the molecule is O=C(CN1CCCN(Cc2ccccc2)CC1)Nc1ccc(Cl)c(C(F)(F)F)c1. The summed E-state index contributed by atoms with van der Waals surface area (Å²) in [4.78, 5) is 16.7. The van der Waals surface area contributed by atoms with Crippen molar-refractivity contribution in [2.75, 3.05) is 38.0 Å². The molecule has 1 N–H and O–H groups in total. The summed E-state index contributed by atoms with van der Waals surface area (Å²) < 4.78 is 38.9. The van der Waals surface area contributed by atoms with Gasteiger partial charge < -0.3 is 5.32 Å². The number of carbonyl (C=O) groups is 1. The van der Waals surface area contributed by atoms with E-state index < -0.39 is 11.7 Å². The molecule has 2 aromatic rings. The summed E-state index contributed by atoms with van der Waals surface area (Å²) in [5.41, 5.74) is 0.387. The molecule has 1 aliphatic rings. The second kappa shape index (κ2) is 9.61. The molecule has 4 nitrogen and oxygen atoms in total. The van der Waals surface area contributed by atoms with Crippen LogP contribution in [0.15, 0.2) is 48.5 Å². The number of anilines is 1. The molecule has 0 spiro atoms. The highest BCUT2D eigenvalue weighted by atomic mass is 35.5. The minimum atomic E-state index is -4.56. The summed E-state index contributed by atoms with van der Waals surface area (Å²) in [5.74, 6) is -0.336. The van der Waals surface area contributed by atoms with Crippen LogP contribution in [0.1, 0.15) is 17.5 Å². The van der Waals surface area contributed by atoms with Crippen LogP contribution in [0.3, 0.4) is 0 Å². The topological polar surface area (TPSA) is 35.6 Å². The van der Waals surface area contributed by atoms with Crippen molar-refractivity contribution < 1.29 is 18.0 Å². The van der Waals surface area contributed by atoms with Gasteiger partial charge in [-0.25, -0.2) is 0 Å². The number of hydrogen-bond acceptors (Lipinski definition) is 3. The van der Waals surface area contributed by atoms with E-state index in [4.69, 9.17) is 11.6 Å². The molecular weight excluding hydrogens is 403 g/mol. The fourth-order valence-electron chi connectivity index (χ4n) is 3.41. The van der Waals surface area contributed by atoms with Crippen LogP contribution in [-0.4, -0.2) is 48.4 Å². The number of nitrogens with zero attached hydrogens (tertiary/aromatic N) is 2. The fraction of sp³-hybridized carbons (Fsp3) is 0.381. The highest BCUT2D eigenvalue weighted by Gasteiger charge is 2.33. The molecule has 156 valence electrons. The van der Waals surface area contributed by atoms with Gasteiger partial charge in [0.25, 0.3) is 0 Å². The summed E-state index contributed by atoms with van der Waals surface area (Å²) in [5, 5.41) is 2.16. The Morgan fingerprint density at radius 1 is 1.00 bits per heavy atom. The third kappa shape index (κ3) is 6.45. The number of alkyl halides is 3. The second-order valence-corrected chi connectivity index (χ2v) is 7.54. The smallest absolute Gasteiger partial charge is 0.325 e. The van der Waals surface area contributed by atoms with Crippen molar-refractivity contribution in [1.82, 2.24) is 9.80 Å². The van der Waals surface area contributed by atoms with Crippen molar-refractivity contribution >= 4 is 23.2 Å². The molecule has 29 heavy (non-hydrogen) atoms. The Morgan fingerprint density at radius 3 is 2.41 bits per heavy atom. The van der Waals surface area contributed by atoms with Crippen molar-refractivity contribution in [3.05, 3.63) is 64.7 Å². The molecule has 3 rings (SSSR count). The Balaban J connectivity index is 1.52. The molecule has 0 aromatic heterocycles. The first kappa shape index (κ1) is 21.6. The number of carbonyl (C=O) groups excluding carboxylic acids is 1. The molecule has 8 heteroatoms. The molecule has 0 radical (unpaired) electrons. The van der Waals surface area contributed by atoms with Crippen LogP contribution in [-0.2, 0) is 17.5 Å². The number of nitrogens with one attached hydrogen (secondary N) is 1. The predicted octanol–water partition coefficient (Wildman–Crippen LogP) is 4.51. The third-order valence-corrected chi connectivity index (χ3v) is 5.18. The summed E-state index contributed by atoms with van der Waals surface area (Å²) in [6, 6.07) is 13.6. The van der Waals surface area contributed by atoms with Crippen LogP contribution in [0.25, 0.3) is 0 Å². The lowest BCUT2D eigenvalue weighted by molar-refractivity contribution is -0.137. The van der Waals surface area contributed by atoms with Crippen molar-refractivity contribution in [2.24, 2.45) is 0 Å². The quantitative estimate of drug-likeness (QED) is 0.765. The van der Waals surface area contributed by atoms with Gasteiger partial charge in [0.15, 0.2) is 0 Å². The Kier molecular flexibility index (Phi) is 7.16. The maximum absolute atomic E-state index is 13.0. The molecule has 0 atom stereocenters. The number of rotatable bonds is 5. The summed E-state index contributed by atoms with van der Waals surface area (Å²) in [6.45, 7) is 4.29. The number of halogens is 4. The van der Waals surface area contributed by atoms with Gasteiger partial charge in [-0.05, 0) is 43.3 Å². The second-order valence-electron chi connectivity index (χ2n) is 7.13. The Morgan fingerprint density at radius 2 is 1.69 bits per heavy atom. The molecule has 1 aliphatic heterocycles. The highest BCUT2D eigenvalue weighted by Crippen LogP contribution is 2.36. The van der Waals surface area contributed by atoms with Gasteiger partial charge >= 0.3 is 6.18 Å². The zero-order valence-corrected chi connectivity index (χ0v) is 16.6. The van der Waals surface area contributed by atoms with Crippen molar-refractivity contribution in [3.63, 3.8) is 0 Å². The molecular formula is C21H23ClF3N3O. The highest BCUT2D eigenvalue weighted by molar-refractivity contribution is 6.31. The van der Waals surface area contributed by atoms with Gasteiger partial charge in [-0.1, -0.05) is 41.9 Å². The lowest BCUT2D eigenvalue weighted by Crippen LogP contribution is -2.36. The van der Waals surface area contributed by atoms with Gasteiger partial charge in [0.05, 0.1) is 17.1 Å². The number of hydrogen-bond donors (Lipinski definition) is 1. The monoisotopic (exact) mass is 425 g/mol. The molecule has 0 saturated carbocycles. The van der Waals surface area contributed by atoms with Gasteiger partial charge in [0.2, 0.25) is 5.91 Å². The van der Waals surface area contributed by atoms with E-state index in [2.05, 4.69) is 22.3 Å². The van der Waals surface area contributed by atoms with Gasteiger partial charge in [0.1, 0.15) is 0 Å². The maximum atomic E-state index is 13.0. The summed E-state index contributed by atoms with van der Waals surface area (Å²) in [7, 11) is 0. The third-order valence-electron chi connectivity index (χ3n) is 4.85. The fourth-order valence-corrected chi connectivity index (χ4v) is 3.63. The van der Waals surface area contributed by atoms with E-state index in [1.165, 1.54) is 11.6 Å². The van der Waals surface area contributed by atoms with Crippen LogP contribution >= 0.6 is 11.6 Å². The van der Waals surface area contributed by atoms with Gasteiger partial charge in [-0.2, -0.15) is 13.2 Å². The average Bonchev–Trinajstić information content (AvgIpc) is 2.88. The standard InChI is InChI=1S/C21H23ClF3N3O/c22-19-8-7-17(13-18(19)21(23,24)25)26-20(29)15-28-10-4-9-27(11-12-28)14-16-5-2-1-3-6-16/h1-3,5-8,13H,4,9-12,14-15H2,(H,26,29). The molecule has 1 amide bonds. The van der Waals surface area contributed by atoms with E-state index in [1.807, 2.05) is 23.1 Å². The van der Waals surface area contributed by atoms with Gasteiger partial charge in [-0.3, -0.25) is 14.6 Å². The molecule has 0 unspecified atom stereocenters. The lowest BCUT2D eigenvalue weighted by Gasteiger charge is -2.21. The van der Waals surface area contributed by atoms with E-state index in [-0.39, 0.29) is 23.2 Å². The first-order chi connectivity index (χ1) is 13.8. The predicted molar refractivity (Wildman–Crippen MR) is 108 cm³/mol. The first-order valence-electron chi connectivity index (χ1n) is 9.46. The van der Waals surface area contributed by atoms with E-state index in [0.717, 1.165) is 51.3 Å². The maximum Gasteiger partial charge on any atom is 0.417 e. The number of amides is 1. The van der Waals surface area contributed by atoms with Gasteiger partial charge in [-0.15, -0.1) is 0 Å². The van der Waals surface area contributed by atoms with Crippen molar-refractivity contribution in [3.8, 4) is 0 Å². The number of benzene rings is 2. The van der Waals surface area contributed by atoms with Crippen molar-refractivity contribution in [1.29, 1.82) is 0 Å². The Hall–Kier alpha value is -2.09. The lowest BCUT2D eigenvalue weighted by atomic mass is 10.2. The van der Waals surface area contributed by atoms with E-state index >= 15 is 0 Å². The largest absolute Gasteiger partial charge is 0.417 e. The molecule has 1 fully saturated rings. The molecule has 2 aromatic carbocycles. The zero-order chi connectivity index (χ0) is 20.9. The van der Waals surface area contributed by atoms with Crippen molar-refractivity contribution in [2.45, 2.75) is 19.1 Å². The van der Waals surface area contributed by atoms with Gasteiger partial charge in [0, 0.05) is 25.3 Å². The molecule has 0 bridgehead atoms. The first-order valence-corrected chi connectivity index (χ1v) is 9.84. The summed E-state index contributed by atoms with van der Waals surface area (Å²) in [6.07, 6.45) is -3.63. The van der Waals surface area contributed by atoms with Crippen LogP contribution in [0.5, 0.6) is 0 Å². The molecule has 0 aliphatic carbocycles. The Labute approximate surface area is 173 Å². The minimum absolute atomic E-state index is 0.0900. The van der Waals surface area contributed by atoms with E-state index in [9.17, 15) is 18.0 Å².